The fraction of sp³-hybridized carbons (Fsp3) is 0.588. The molecule has 140 valence electrons. The molecule has 0 aromatic heterocycles. The van der Waals surface area contributed by atoms with Crippen LogP contribution in [0.2, 0.25) is 0 Å². The highest BCUT2D eigenvalue weighted by Gasteiger charge is 2.23. The molecule has 1 aromatic carbocycles. The fourth-order valence-electron chi connectivity index (χ4n) is 2.74. The number of para-hydroxylation sites is 1. The number of anilines is 1. The highest BCUT2D eigenvalue weighted by molar-refractivity contribution is 7.89. The predicted molar refractivity (Wildman–Crippen MR) is 104 cm³/mol. The molecule has 1 saturated heterocycles. The lowest BCUT2D eigenvalue weighted by molar-refractivity contribution is 0.583. The van der Waals surface area contributed by atoms with Crippen LogP contribution in [0.15, 0.2) is 35.3 Å². The Morgan fingerprint density at radius 3 is 2.72 bits per heavy atom. The summed E-state index contributed by atoms with van der Waals surface area (Å²) in [7, 11) is -3.16. The van der Waals surface area contributed by atoms with Crippen LogP contribution in [0.5, 0.6) is 0 Å². The van der Waals surface area contributed by atoms with E-state index >= 15 is 0 Å². The molecule has 1 aliphatic heterocycles. The minimum Gasteiger partial charge on any atom is -0.369 e. The lowest BCUT2D eigenvalue weighted by atomic mass is 10.3. The summed E-state index contributed by atoms with van der Waals surface area (Å²) in [6.45, 7) is 7.06. The van der Waals surface area contributed by atoms with Gasteiger partial charge in [-0.05, 0) is 32.4 Å². The Bertz CT molecular complexity index is 648. The monoisotopic (exact) mass is 367 g/mol. The molecule has 1 atom stereocenters. The molecule has 2 rings (SSSR count). The molecular weight excluding hydrogens is 338 g/mol. The zero-order chi connectivity index (χ0) is 18.1. The Labute approximate surface area is 151 Å². The van der Waals surface area contributed by atoms with E-state index in [0.29, 0.717) is 19.1 Å². The van der Waals surface area contributed by atoms with E-state index in [2.05, 4.69) is 49.5 Å². The molecule has 0 aliphatic carbocycles. The summed E-state index contributed by atoms with van der Waals surface area (Å²) in [5.74, 6) is 0.824. The average Bonchev–Trinajstić information content (AvgIpc) is 3.08. The largest absolute Gasteiger partial charge is 0.369 e. The summed E-state index contributed by atoms with van der Waals surface area (Å²) in [6, 6.07) is 10.7. The first-order chi connectivity index (χ1) is 12.0. The van der Waals surface area contributed by atoms with Gasteiger partial charge in [0.2, 0.25) is 10.0 Å². The van der Waals surface area contributed by atoms with Gasteiger partial charge in [0.25, 0.3) is 0 Å². The molecule has 7 nitrogen and oxygen atoms in total. The third kappa shape index (κ3) is 6.55. The van der Waals surface area contributed by atoms with Gasteiger partial charge in [0.05, 0.1) is 12.3 Å². The molecule has 1 unspecified atom stereocenters. The topological polar surface area (TPSA) is 85.8 Å². The molecular formula is C17H29N5O2S. The molecule has 0 spiro atoms. The van der Waals surface area contributed by atoms with Gasteiger partial charge in [-0.25, -0.2) is 13.1 Å². The summed E-state index contributed by atoms with van der Waals surface area (Å²) in [4.78, 5) is 6.82. The summed E-state index contributed by atoms with van der Waals surface area (Å²) < 4.78 is 25.4. The molecule has 0 saturated carbocycles. The van der Waals surface area contributed by atoms with E-state index in [-0.39, 0.29) is 5.75 Å². The second-order valence-corrected chi connectivity index (χ2v) is 8.07. The first kappa shape index (κ1) is 19.5. The SMILES string of the molecule is CCNC(=NCCNS(=O)(=O)CC)NC1CCN(c2ccccc2)C1. The van der Waals surface area contributed by atoms with Crippen molar-refractivity contribution in [3.63, 3.8) is 0 Å². The van der Waals surface area contributed by atoms with Crippen molar-refractivity contribution in [3.8, 4) is 0 Å². The molecule has 1 aromatic rings. The zero-order valence-corrected chi connectivity index (χ0v) is 15.8. The minimum absolute atomic E-state index is 0.0897. The maximum absolute atomic E-state index is 11.4. The average molecular weight is 368 g/mol. The summed E-state index contributed by atoms with van der Waals surface area (Å²) in [5, 5.41) is 6.67. The second-order valence-electron chi connectivity index (χ2n) is 5.97. The van der Waals surface area contributed by atoms with Gasteiger partial charge in [0.15, 0.2) is 5.96 Å². The van der Waals surface area contributed by atoms with Gasteiger partial charge in [-0.2, -0.15) is 0 Å². The van der Waals surface area contributed by atoms with Crippen LogP contribution < -0.4 is 20.3 Å². The maximum atomic E-state index is 11.4. The summed E-state index contributed by atoms with van der Waals surface area (Å²) in [5.41, 5.74) is 1.24. The molecule has 0 bridgehead atoms. The number of benzene rings is 1. The van der Waals surface area contributed by atoms with E-state index in [0.717, 1.165) is 32.0 Å². The van der Waals surface area contributed by atoms with Gasteiger partial charge in [-0.1, -0.05) is 18.2 Å². The van der Waals surface area contributed by atoms with Crippen LogP contribution in [0, 0.1) is 0 Å². The van der Waals surface area contributed by atoms with Crippen molar-refractivity contribution in [3.05, 3.63) is 30.3 Å². The Balaban J connectivity index is 1.83. The van der Waals surface area contributed by atoms with Crippen molar-refractivity contribution >= 4 is 21.7 Å². The molecule has 1 aliphatic rings. The van der Waals surface area contributed by atoms with E-state index in [9.17, 15) is 8.42 Å². The quantitative estimate of drug-likeness (QED) is 0.359. The van der Waals surface area contributed by atoms with E-state index in [4.69, 9.17) is 0 Å². The molecule has 1 heterocycles. The number of guanidine groups is 1. The Kier molecular flexibility index (Phi) is 7.52. The van der Waals surface area contributed by atoms with Crippen LogP contribution in [-0.2, 0) is 10.0 Å². The highest BCUT2D eigenvalue weighted by atomic mass is 32.2. The lowest BCUT2D eigenvalue weighted by Gasteiger charge is -2.20. The number of sulfonamides is 1. The van der Waals surface area contributed by atoms with E-state index in [1.165, 1.54) is 5.69 Å². The molecule has 1 fully saturated rings. The number of hydrogen-bond donors (Lipinski definition) is 3. The molecule has 0 radical (unpaired) electrons. The van der Waals surface area contributed by atoms with Gasteiger partial charge in [0, 0.05) is 37.9 Å². The van der Waals surface area contributed by atoms with Gasteiger partial charge in [0.1, 0.15) is 0 Å². The van der Waals surface area contributed by atoms with E-state index in [1.807, 2.05) is 13.0 Å². The number of hydrogen-bond acceptors (Lipinski definition) is 4. The number of rotatable bonds is 8. The summed E-state index contributed by atoms with van der Waals surface area (Å²) >= 11 is 0. The molecule has 25 heavy (non-hydrogen) atoms. The molecule has 3 N–H and O–H groups in total. The van der Waals surface area contributed by atoms with Gasteiger partial charge < -0.3 is 15.5 Å². The number of nitrogens with one attached hydrogen (secondary N) is 3. The number of nitrogens with zero attached hydrogens (tertiary/aromatic N) is 2. The maximum Gasteiger partial charge on any atom is 0.211 e. The normalized spacial score (nSPS) is 18.4. The standard InChI is InChI=1S/C17H29N5O2S/c1-3-18-17(19-11-12-20-25(23,24)4-2)21-15-10-13-22(14-15)16-8-6-5-7-9-16/h5-9,15,20H,3-4,10-14H2,1-2H3,(H2,18,19,21). The lowest BCUT2D eigenvalue weighted by Crippen LogP contribution is -2.45. The van der Waals surface area contributed by atoms with Crippen molar-refractivity contribution in [2.75, 3.05) is 43.4 Å². The van der Waals surface area contributed by atoms with E-state index in [1.54, 1.807) is 6.92 Å². The minimum atomic E-state index is -3.16. The van der Waals surface area contributed by atoms with Crippen LogP contribution in [0.1, 0.15) is 20.3 Å². The first-order valence-electron chi connectivity index (χ1n) is 8.86. The predicted octanol–water partition coefficient (Wildman–Crippen LogP) is 0.760. The van der Waals surface area contributed by atoms with E-state index < -0.39 is 10.0 Å². The molecule has 8 heteroatoms. The van der Waals surface area contributed by atoms with Gasteiger partial charge >= 0.3 is 0 Å². The Hall–Kier alpha value is -1.80. The van der Waals surface area contributed by atoms with Crippen molar-refractivity contribution in [1.29, 1.82) is 0 Å². The zero-order valence-electron chi connectivity index (χ0n) is 15.0. The van der Waals surface area contributed by atoms with Crippen LogP contribution in [0.25, 0.3) is 0 Å². The second kappa shape index (κ2) is 9.62. The van der Waals surface area contributed by atoms with Crippen LogP contribution in [-0.4, -0.2) is 58.9 Å². The van der Waals surface area contributed by atoms with Crippen molar-refractivity contribution in [2.45, 2.75) is 26.3 Å². The summed E-state index contributed by atoms with van der Waals surface area (Å²) in [6.07, 6.45) is 1.04. The van der Waals surface area contributed by atoms with Crippen molar-refractivity contribution < 1.29 is 8.42 Å². The van der Waals surface area contributed by atoms with Crippen LogP contribution >= 0.6 is 0 Å². The van der Waals surface area contributed by atoms with Crippen molar-refractivity contribution in [1.82, 2.24) is 15.4 Å². The third-order valence-electron chi connectivity index (χ3n) is 4.08. The van der Waals surface area contributed by atoms with Gasteiger partial charge in [-0.3, -0.25) is 4.99 Å². The number of aliphatic imine (C=N–C) groups is 1. The highest BCUT2D eigenvalue weighted by Crippen LogP contribution is 2.19. The van der Waals surface area contributed by atoms with Crippen molar-refractivity contribution in [2.24, 2.45) is 4.99 Å². The fourth-order valence-corrected chi connectivity index (χ4v) is 3.34. The molecule has 0 amide bonds. The first-order valence-corrected chi connectivity index (χ1v) is 10.5. The Morgan fingerprint density at radius 2 is 2.04 bits per heavy atom. The van der Waals surface area contributed by atoms with Gasteiger partial charge in [-0.15, -0.1) is 0 Å². The van der Waals surface area contributed by atoms with Crippen LogP contribution in [0.4, 0.5) is 5.69 Å². The third-order valence-corrected chi connectivity index (χ3v) is 5.48. The smallest absolute Gasteiger partial charge is 0.211 e. The van der Waals surface area contributed by atoms with Crippen LogP contribution in [0.3, 0.4) is 0 Å². The Morgan fingerprint density at radius 1 is 1.28 bits per heavy atom.